The van der Waals surface area contributed by atoms with E-state index in [0.29, 0.717) is 12.1 Å². The summed E-state index contributed by atoms with van der Waals surface area (Å²) in [6.07, 6.45) is 2.43. The van der Waals surface area contributed by atoms with Crippen LogP contribution in [0.1, 0.15) is 34.5 Å². The third-order valence-electron chi connectivity index (χ3n) is 5.00. The maximum Gasteiger partial charge on any atom is 0.253 e. The number of aromatic nitrogens is 1. The number of carbonyl (C=O) groups is 2. The standard InChI is InChI=1S/C23H23N3O2S/c27-21(14-20-16-29-22(25-20)18-6-2-1-3-7-18)24-15-17-8-10-19(11-9-17)23(28)26-12-4-5-13-26/h1-3,6-11,16H,4-5,12-15H2,(H,24,27). The Morgan fingerprint density at radius 1 is 1.00 bits per heavy atom. The lowest BCUT2D eigenvalue weighted by Crippen LogP contribution is -2.27. The number of likely N-dealkylation sites (tertiary alicyclic amines) is 1. The SMILES string of the molecule is O=C(Cc1csc(-c2ccccc2)n1)NCc1ccc(C(=O)N2CCCC2)cc1. The number of thiazole rings is 1. The molecule has 6 heteroatoms. The fourth-order valence-electron chi connectivity index (χ4n) is 3.40. The Balaban J connectivity index is 1.28. The van der Waals surface area contributed by atoms with Crippen molar-refractivity contribution in [3.63, 3.8) is 0 Å². The van der Waals surface area contributed by atoms with Gasteiger partial charge in [0.05, 0.1) is 12.1 Å². The zero-order valence-electron chi connectivity index (χ0n) is 16.1. The van der Waals surface area contributed by atoms with E-state index in [9.17, 15) is 9.59 Å². The third-order valence-corrected chi connectivity index (χ3v) is 5.94. The second-order valence-corrected chi connectivity index (χ2v) is 8.02. The van der Waals surface area contributed by atoms with E-state index in [4.69, 9.17) is 0 Å². The average Bonchev–Trinajstić information content (AvgIpc) is 3.45. The monoisotopic (exact) mass is 405 g/mol. The number of hydrogen-bond acceptors (Lipinski definition) is 4. The first kappa shape index (κ1) is 19.3. The molecule has 0 saturated carbocycles. The minimum atomic E-state index is -0.0628. The van der Waals surface area contributed by atoms with Crippen LogP contribution in [0.25, 0.3) is 10.6 Å². The maximum atomic E-state index is 12.4. The van der Waals surface area contributed by atoms with Gasteiger partial charge in [-0.15, -0.1) is 11.3 Å². The molecule has 1 fully saturated rings. The largest absolute Gasteiger partial charge is 0.352 e. The van der Waals surface area contributed by atoms with E-state index < -0.39 is 0 Å². The first-order chi connectivity index (χ1) is 14.2. The van der Waals surface area contributed by atoms with Gasteiger partial charge in [-0.3, -0.25) is 9.59 Å². The van der Waals surface area contributed by atoms with Crippen LogP contribution in [0.2, 0.25) is 0 Å². The third kappa shape index (κ3) is 4.90. The van der Waals surface area contributed by atoms with Crippen molar-refractivity contribution in [3.8, 4) is 10.6 Å². The predicted octanol–water partition coefficient (Wildman–Crippen LogP) is 3.91. The highest BCUT2D eigenvalue weighted by atomic mass is 32.1. The van der Waals surface area contributed by atoms with Crippen LogP contribution in [-0.2, 0) is 17.8 Å². The molecule has 5 nitrogen and oxygen atoms in total. The van der Waals surface area contributed by atoms with Crippen molar-refractivity contribution >= 4 is 23.2 Å². The number of rotatable bonds is 6. The van der Waals surface area contributed by atoms with Crippen molar-refractivity contribution in [2.75, 3.05) is 13.1 Å². The van der Waals surface area contributed by atoms with Gasteiger partial charge in [0, 0.05) is 36.1 Å². The number of hydrogen-bond donors (Lipinski definition) is 1. The fourth-order valence-corrected chi connectivity index (χ4v) is 4.22. The van der Waals surface area contributed by atoms with E-state index in [2.05, 4.69) is 10.3 Å². The van der Waals surface area contributed by atoms with Crippen molar-refractivity contribution in [2.24, 2.45) is 0 Å². The zero-order chi connectivity index (χ0) is 20.1. The van der Waals surface area contributed by atoms with Gasteiger partial charge in [0.15, 0.2) is 0 Å². The molecule has 0 atom stereocenters. The summed E-state index contributed by atoms with van der Waals surface area (Å²) < 4.78 is 0. The summed E-state index contributed by atoms with van der Waals surface area (Å²) in [5.74, 6) is 0.0305. The Kier molecular flexibility index (Phi) is 6.00. The van der Waals surface area contributed by atoms with Crippen molar-refractivity contribution in [3.05, 3.63) is 76.8 Å². The van der Waals surface area contributed by atoms with Crippen LogP contribution >= 0.6 is 11.3 Å². The van der Waals surface area contributed by atoms with Crippen molar-refractivity contribution < 1.29 is 9.59 Å². The van der Waals surface area contributed by atoms with Crippen molar-refractivity contribution in [2.45, 2.75) is 25.8 Å². The van der Waals surface area contributed by atoms with E-state index >= 15 is 0 Å². The Bertz CT molecular complexity index is 977. The van der Waals surface area contributed by atoms with Gasteiger partial charge in [-0.25, -0.2) is 4.98 Å². The quantitative estimate of drug-likeness (QED) is 0.676. The molecule has 3 aromatic rings. The lowest BCUT2D eigenvalue weighted by atomic mass is 10.1. The molecule has 4 rings (SSSR count). The van der Waals surface area contributed by atoms with Gasteiger partial charge in [0.1, 0.15) is 5.01 Å². The molecule has 0 aliphatic carbocycles. The Hall–Kier alpha value is -2.99. The molecule has 2 amide bonds. The number of carbonyl (C=O) groups excluding carboxylic acids is 2. The molecule has 29 heavy (non-hydrogen) atoms. The topological polar surface area (TPSA) is 62.3 Å². The summed E-state index contributed by atoms with van der Waals surface area (Å²) in [6.45, 7) is 2.13. The molecule has 1 aliphatic heterocycles. The minimum Gasteiger partial charge on any atom is -0.352 e. The van der Waals surface area contributed by atoms with Gasteiger partial charge in [-0.1, -0.05) is 42.5 Å². The predicted molar refractivity (Wildman–Crippen MR) is 115 cm³/mol. The van der Waals surface area contributed by atoms with Crippen LogP contribution in [0.5, 0.6) is 0 Å². The number of amides is 2. The maximum absolute atomic E-state index is 12.4. The smallest absolute Gasteiger partial charge is 0.253 e. The molecule has 0 unspecified atom stereocenters. The van der Waals surface area contributed by atoms with Crippen LogP contribution in [0.15, 0.2) is 60.0 Å². The fraction of sp³-hybridized carbons (Fsp3) is 0.261. The lowest BCUT2D eigenvalue weighted by molar-refractivity contribution is -0.120. The van der Waals surface area contributed by atoms with Gasteiger partial charge < -0.3 is 10.2 Å². The highest BCUT2D eigenvalue weighted by molar-refractivity contribution is 7.13. The van der Waals surface area contributed by atoms with E-state index in [-0.39, 0.29) is 18.2 Å². The van der Waals surface area contributed by atoms with Crippen LogP contribution in [-0.4, -0.2) is 34.8 Å². The normalized spacial score (nSPS) is 13.4. The number of nitrogens with zero attached hydrogens (tertiary/aromatic N) is 2. The van der Waals surface area contributed by atoms with Crippen molar-refractivity contribution in [1.29, 1.82) is 0 Å². The second-order valence-electron chi connectivity index (χ2n) is 7.16. The summed E-state index contributed by atoms with van der Waals surface area (Å²) in [7, 11) is 0. The summed E-state index contributed by atoms with van der Waals surface area (Å²) in [5.41, 5.74) is 3.52. The van der Waals surface area contributed by atoms with Crippen LogP contribution in [0, 0.1) is 0 Å². The van der Waals surface area contributed by atoms with E-state index in [1.165, 1.54) is 0 Å². The molecule has 0 radical (unpaired) electrons. The van der Waals surface area contributed by atoms with Gasteiger partial charge >= 0.3 is 0 Å². The Morgan fingerprint density at radius 2 is 1.72 bits per heavy atom. The first-order valence-corrected chi connectivity index (χ1v) is 10.7. The average molecular weight is 406 g/mol. The molecule has 148 valence electrons. The lowest BCUT2D eigenvalue weighted by Gasteiger charge is -2.15. The molecule has 1 aromatic heterocycles. The molecule has 1 saturated heterocycles. The summed E-state index contributed by atoms with van der Waals surface area (Å²) >= 11 is 1.55. The minimum absolute atomic E-state index is 0.0628. The van der Waals surface area contributed by atoms with Gasteiger partial charge in [-0.05, 0) is 30.5 Å². The molecular weight excluding hydrogens is 382 g/mol. The van der Waals surface area contributed by atoms with Crippen molar-refractivity contribution in [1.82, 2.24) is 15.2 Å². The molecule has 1 N–H and O–H groups in total. The van der Waals surface area contributed by atoms with Crippen LogP contribution in [0.4, 0.5) is 0 Å². The zero-order valence-corrected chi connectivity index (χ0v) is 17.0. The molecular formula is C23H23N3O2S. The summed E-state index contributed by atoms with van der Waals surface area (Å²) in [5, 5.41) is 5.78. The van der Waals surface area contributed by atoms with Gasteiger partial charge in [0.2, 0.25) is 5.91 Å². The first-order valence-electron chi connectivity index (χ1n) is 9.84. The van der Waals surface area contributed by atoms with Gasteiger partial charge in [-0.2, -0.15) is 0 Å². The number of benzene rings is 2. The van der Waals surface area contributed by atoms with E-state index in [1.807, 2.05) is 64.9 Å². The Morgan fingerprint density at radius 3 is 2.45 bits per heavy atom. The summed E-state index contributed by atoms with van der Waals surface area (Å²) in [4.78, 5) is 31.1. The summed E-state index contributed by atoms with van der Waals surface area (Å²) in [6, 6.07) is 17.4. The second kappa shape index (κ2) is 9.01. The molecule has 0 spiro atoms. The highest BCUT2D eigenvalue weighted by Crippen LogP contribution is 2.23. The number of nitrogens with one attached hydrogen (secondary N) is 1. The van der Waals surface area contributed by atoms with Crippen LogP contribution < -0.4 is 5.32 Å². The molecule has 2 heterocycles. The molecule has 2 aromatic carbocycles. The van der Waals surface area contributed by atoms with E-state index in [1.54, 1.807) is 11.3 Å². The van der Waals surface area contributed by atoms with E-state index in [0.717, 1.165) is 47.8 Å². The van der Waals surface area contributed by atoms with Crippen LogP contribution in [0.3, 0.4) is 0 Å². The molecule has 0 bridgehead atoms. The molecule has 1 aliphatic rings. The van der Waals surface area contributed by atoms with Gasteiger partial charge in [0.25, 0.3) is 5.91 Å². The Labute approximate surface area is 174 Å². The highest BCUT2D eigenvalue weighted by Gasteiger charge is 2.19.